The van der Waals surface area contributed by atoms with Crippen LogP contribution in [0.2, 0.25) is 0 Å². The first-order valence-electron chi connectivity index (χ1n) is 11.4. The molecule has 4 unspecified atom stereocenters. The predicted octanol–water partition coefficient (Wildman–Crippen LogP) is 6.04. The zero-order chi connectivity index (χ0) is 22.2. The number of nitrogens with zero attached hydrogens (tertiary/aromatic N) is 2. The van der Waals surface area contributed by atoms with E-state index >= 15 is 0 Å². The van der Waals surface area contributed by atoms with Gasteiger partial charge >= 0.3 is 0 Å². The normalized spacial score (nSPS) is 25.3. The van der Waals surface area contributed by atoms with E-state index in [1.165, 1.54) is 11.6 Å². The van der Waals surface area contributed by atoms with Crippen molar-refractivity contribution >= 4 is 22.5 Å². The maximum absolute atomic E-state index is 13.9. The second-order valence-corrected chi connectivity index (χ2v) is 9.45. The SMILES string of the molecule is CC(C(=O)Nc1ccc(C#N)cc1)C1CC2CC(c3ccnc4ccc(F)cc34)C[C@H]2C1. The average Bonchev–Trinajstić information content (AvgIpc) is 3.38. The van der Waals surface area contributed by atoms with Crippen molar-refractivity contribution in [1.29, 1.82) is 5.26 Å². The van der Waals surface area contributed by atoms with Crippen LogP contribution in [0.5, 0.6) is 0 Å². The van der Waals surface area contributed by atoms with E-state index in [1.807, 2.05) is 13.1 Å². The fraction of sp³-hybridized carbons (Fsp3) is 0.370. The maximum Gasteiger partial charge on any atom is 0.227 e. The molecule has 3 aromatic rings. The molecule has 0 saturated heterocycles. The Kier molecular flexibility index (Phi) is 5.38. The van der Waals surface area contributed by atoms with Gasteiger partial charge in [-0.05, 0) is 103 Å². The third kappa shape index (κ3) is 3.86. The van der Waals surface area contributed by atoms with Gasteiger partial charge < -0.3 is 5.32 Å². The molecule has 0 bridgehead atoms. The van der Waals surface area contributed by atoms with Crippen LogP contribution in [0.15, 0.2) is 54.7 Å². The summed E-state index contributed by atoms with van der Waals surface area (Å²) in [6.45, 7) is 2.03. The smallest absolute Gasteiger partial charge is 0.227 e. The van der Waals surface area contributed by atoms with Gasteiger partial charge in [0.25, 0.3) is 0 Å². The quantitative estimate of drug-likeness (QED) is 0.552. The number of carbonyl (C=O) groups excluding carboxylic acids is 1. The van der Waals surface area contributed by atoms with Crippen molar-refractivity contribution in [3.8, 4) is 6.07 Å². The van der Waals surface area contributed by atoms with Gasteiger partial charge in [0.2, 0.25) is 5.91 Å². The number of fused-ring (bicyclic) bond motifs is 2. The number of aromatic nitrogens is 1. The highest BCUT2D eigenvalue weighted by Gasteiger charge is 2.44. The number of pyridine rings is 1. The van der Waals surface area contributed by atoms with Gasteiger partial charge in [0.05, 0.1) is 17.1 Å². The highest BCUT2D eigenvalue weighted by molar-refractivity contribution is 5.92. The minimum Gasteiger partial charge on any atom is -0.326 e. The highest BCUT2D eigenvalue weighted by Crippen LogP contribution is 2.54. The van der Waals surface area contributed by atoms with E-state index in [2.05, 4.69) is 22.4 Å². The van der Waals surface area contributed by atoms with Crippen molar-refractivity contribution in [3.63, 3.8) is 0 Å². The number of carbonyl (C=O) groups is 1. The van der Waals surface area contributed by atoms with E-state index in [-0.39, 0.29) is 17.6 Å². The maximum atomic E-state index is 13.9. The molecule has 1 N–H and O–H groups in total. The van der Waals surface area contributed by atoms with Crippen molar-refractivity contribution < 1.29 is 9.18 Å². The number of nitrogens with one attached hydrogen (secondary N) is 1. The first-order valence-corrected chi connectivity index (χ1v) is 11.4. The van der Waals surface area contributed by atoms with E-state index < -0.39 is 0 Å². The fourth-order valence-corrected chi connectivity index (χ4v) is 5.92. The summed E-state index contributed by atoms with van der Waals surface area (Å²) in [5, 5.41) is 12.9. The van der Waals surface area contributed by atoms with Gasteiger partial charge in [0.15, 0.2) is 0 Å². The van der Waals surface area contributed by atoms with Gasteiger partial charge in [0.1, 0.15) is 5.82 Å². The zero-order valence-electron chi connectivity index (χ0n) is 18.1. The van der Waals surface area contributed by atoms with Crippen molar-refractivity contribution in [2.45, 2.75) is 38.5 Å². The van der Waals surface area contributed by atoms with Crippen LogP contribution in [0.4, 0.5) is 10.1 Å². The molecule has 5 heteroatoms. The Bertz CT molecular complexity index is 1190. The van der Waals surface area contributed by atoms with Crippen LogP contribution in [-0.2, 0) is 4.79 Å². The van der Waals surface area contributed by atoms with Gasteiger partial charge in [-0.25, -0.2) is 4.39 Å². The van der Waals surface area contributed by atoms with E-state index in [4.69, 9.17) is 5.26 Å². The number of benzene rings is 2. The summed E-state index contributed by atoms with van der Waals surface area (Å²) in [6.07, 6.45) is 6.17. The van der Waals surface area contributed by atoms with Crippen molar-refractivity contribution in [1.82, 2.24) is 4.98 Å². The number of hydrogen-bond acceptors (Lipinski definition) is 3. The molecule has 2 saturated carbocycles. The molecule has 2 aliphatic carbocycles. The Morgan fingerprint density at radius 2 is 1.81 bits per heavy atom. The lowest BCUT2D eigenvalue weighted by molar-refractivity contribution is -0.120. The molecule has 2 aromatic carbocycles. The van der Waals surface area contributed by atoms with E-state index in [0.717, 1.165) is 42.3 Å². The zero-order valence-corrected chi connectivity index (χ0v) is 18.1. The number of anilines is 1. The lowest BCUT2D eigenvalue weighted by Crippen LogP contribution is -2.26. The molecule has 1 aromatic heterocycles. The molecular weight excluding hydrogens is 401 g/mol. The Labute approximate surface area is 187 Å². The van der Waals surface area contributed by atoms with Crippen molar-refractivity contribution in [2.24, 2.45) is 23.7 Å². The summed E-state index contributed by atoms with van der Waals surface area (Å²) in [6, 6.07) is 16.0. The molecule has 5 atom stereocenters. The molecule has 0 aliphatic heterocycles. The lowest BCUT2D eigenvalue weighted by Gasteiger charge is -2.21. The number of rotatable bonds is 4. The number of halogens is 1. The third-order valence-electron chi connectivity index (χ3n) is 7.63. The molecular formula is C27H26FN3O. The summed E-state index contributed by atoms with van der Waals surface area (Å²) < 4.78 is 13.9. The largest absolute Gasteiger partial charge is 0.326 e. The first-order chi connectivity index (χ1) is 15.5. The van der Waals surface area contributed by atoms with Crippen molar-refractivity contribution in [3.05, 3.63) is 71.7 Å². The van der Waals surface area contributed by atoms with Crippen LogP contribution in [0.1, 0.15) is 49.7 Å². The van der Waals surface area contributed by atoms with Gasteiger partial charge in [-0.15, -0.1) is 0 Å². The average molecular weight is 428 g/mol. The molecule has 0 spiro atoms. The van der Waals surface area contributed by atoms with E-state index in [0.29, 0.717) is 29.2 Å². The Morgan fingerprint density at radius 1 is 1.09 bits per heavy atom. The number of amides is 1. The summed E-state index contributed by atoms with van der Waals surface area (Å²) in [7, 11) is 0. The summed E-state index contributed by atoms with van der Waals surface area (Å²) in [5.74, 6) is 1.83. The molecule has 162 valence electrons. The molecule has 1 heterocycles. The predicted molar refractivity (Wildman–Crippen MR) is 122 cm³/mol. The topological polar surface area (TPSA) is 65.8 Å². The molecule has 1 amide bonds. The third-order valence-corrected chi connectivity index (χ3v) is 7.63. The minimum absolute atomic E-state index is 0.0480. The first kappa shape index (κ1) is 20.6. The van der Waals surface area contributed by atoms with Crippen LogP contribution < -0.4 is 5.32 Å². The highest BCUT2D eigenvalue weighted by atomic mass is 19.1. The van der Waals surface area contributed by atoms with Gasteiger partial charge in [-0.3, -0.25) is 9.78 Å². The van der Waals surface area contributed by atoms with Crippen molar-refractivity contribution in [2.75, 3.05) is 5.32 Å². The second-order valence-electron chi connectivity index (χ2n) is 9.45. The molecule has 4 nitrogen and oxygen atoms in total. The molecule has 5 rings (SSSR count). The Balaban J connectivity index is 1.23. The minimum atomic E-state index is -0.216. The summed E-state index contributed by atoms with van der Waals surface area (Å²) >= 11 is 0. The molecule has 32 heavy (non-hydrogen) atoms. The lowest BCUT2D eigenvalue weighted by atomic mass is 9.86. The Morgan fingerprint density at radius 3 is 2.50 bits per heavy atom. The molecule has 2 aliphatic rings. The van der Waals surface area contributed by atoms with Crippen LogP contribution in [-0.4, -0.2) is 10.9 Å². The van der Waals surface area contributed by atoms with Crippen LogP contribution in [0.3, 0.4) is 0 Å². The molecule has 2 fully saturated rings. The monoisotopic (exact) mass is 427 g/mol. The van der Waals surface area contributed by atoms with E-state index in [1.54, 1.807) is 36.4 Å². The molecule has 0 radical (unpaired) electrons. The number of nitriles is 1. The van der Waals surface area contributed by atoms with Gasteiger partial charge in [-0.1, -0.05) is 6.92 Å². The van der Waals surface area contributed by atoms with Crippen LogP contribution in [0, 0.1) is 40.8 Å². The van der Waals surface area contributed by atoms with Crippen LogP contribution in [0.25, 0.3) is 10.9 Å². The van der Waals surface area contributed by atoms with Gasteiger partial charge in [0, 0.05) is 23.2 Å². The Hall–Kier alpha value is -3.26. The van der Waals surface area contributed by atoms with Gasteiger partial charge in [-0.2, -0.15) is 5.26 Å². The van der Waals surface area contributed by atoms with Crippen LogP contribution >= 0.6 is 0 Å². The van der Waals surface area contributed by atoms with E-state index in [9.17, 15) is 9.18 Å². The number of hydrogen-bond donors (Lipinski definition) is 1. The fourth-order valence-electron chi connectivity index (χ4n) is 5.92. The standard InChI is InChI=1S/C27H26FN3O/c1-16(27(32)31-23-5-2-17(15-29)3-6-23)18-10-19-12-21(13-20(19)11-18)24-8-9-30-26-7-4-22(28)14-25(24)26/h2-9,14,16,18-21H,10-13H2,1H3,(H,31,32)/t16?,18?,19-,20?,21?/m1/s1. The summed E-state index contributed by atoms with van der Waals surface area (Å²) in [5.41, 5.74) is 3.38. The summed E-state index contributed by atoms with van der Waals surface area (Å²) in [4.78, 5) is 17.2. The second kappa shape index (κ2) is 8.35.